The number of methoxy groups -OCH3 is 1. The Kier molecular flexibility index (Phi) is 5.17. The van der Waals surface area contributed by atoms with Crippen LogP contribution < -0.4 is 20.8 Å². The van der Waals surface area contributed by atoms with Gasteiger partial charge in [0.25, 0.3) is 0 Å². The summed E-state index contributed by atoms with van der Waals surface area (Å²) in [6.45, 7) is 0. The van der Waals surface area contributed by atoms with Crippen molar-refractivity contribution in [3.8, 4) is 17.0 Å². The first-order valence-corrected chi connectivity index (χ1v) is 9.19. The van der Waals surface area contributed by atoms with Crippen LogP contribution >= 0.6 is 0 Å². The normalized spacial score (nSPS) is 10.6. The van der Waals surface area contributed by atoms with Crippen molar-refractivity contribution in [2.45, 2.75) is 0 Å². The molecule has 30 heavy (non-hydrogen) atoms. The number of hydrogen-bond donors (Lipinski definition) is 3. The summed E-state index contributed by atoms with van der Waals surface area (Å²) in [5, 5.41) is 5.75. The number of hydrogen-bond acceptors (Lipinski definition) is 3. The van der Waals surface area contributed by atoms with E-state index in [0.29, 0.717) is 33.6 Å². The molecule has 3 aromatic carbocycles. The zero-order valence-corrected chi connectivity index (χ0v) is 16.0. The fourth-order valence-electron chi connectivity index (χ4n) is 3.20. The van der Waals surface area contributed by atoms with Crippen LogP contribution in [0.5, 0.6) is 5.75 Å². The van der Waals surface area contributed by atoms with Crippen molar-refractivity contribution in [3.63, 3.8) is 0 Å². The molecule has 150 valence electrons. The van der Waals surface area contributed by atoms with Crippen molar-refractivity contribution in [2.24, 2.45) is 0 Å². The summed E-state index contributed by atoms with van der Waals surface area (Å²) >= 11 is 0. The number of nitrogens with one attached hydrogen (secondary N) is 3. The number of ether oxygens (including phenoxy) is 1. The van der Waals surface area contributed by atoms with Gasteiger partial charge in [-0.15, -0.1) is 0 Å². The number of aromatic nitrogens is 1. The van der Waals surface area contributed by atoms with Gasteiger partial charge in [-0.05, 0) is 48.5 Å². The first-order chi connectivity index (χ1) is 14.6. The topological polar surface area (TPSA) is 83.2 Å². The van der Waals surface area contributed by atoms with Gasteiger partial charge in [0.1, 0.15) is 17.3 Å². The molecule has 3 N–H and O–H groups in total. The van der Waals surface area contributed by atoms with E-state index in [4.69, 9.17) is 4.74 Å². The van der Waals surface area contributed by atoms with Gasteiger partial charge in [0, 0.05) is 16.5 Å². The summed E-state index contributed by atoms with van der Waals surface area (Å²) in [5.74, 6) is 0.0872. The highest BCUT2D eigenvalue weighted by atomic mass is 19.1. The molecule has 0 aliphatic heterocycles. The molecule has 0 saturated carbocycles. The molecular formula is C23H18FN3O3. The number of fused-ring (bicyclic) bond motifs is 1. The Labute approximate surface area is 171 Å². The lowest BCUT2D eigenvalue weighted by Gasteiger charge is -2.14. The predicted molar refractivity (Wildman–Crippen MR) is 116 cm³/mol. The first-order valence-electron chi connectivity index (χ1n) is 9.19. The average Bonchev–Trinajstić information content (AvgIpc) is 2.76. The van der Waals surface area contributed by atoms with Gasteiger partial charge >= 0.3 is 6.03 Å². The van der Waals surface area contributed by atoms with Crippen LogP contribution in [0.2, 0.25) is 0 Å². The number of amides is 2. The number of H-pyrrole nitrogens is 1. The smallest absolute Gasteiger partial charge is 0.323 e. The number of pyridine rings is 1. The minimum atomic E-state index is -0.608. The highest BCUT2D eigenvalue weighted by Gasteiger charge is 2.17. The first kappa shape index (κ1) is 19.2. The summed E-state index contributed by atoms with van der Waals surface area (Å²) in [7, 11) is 1.50. The Hall–Kier alpha value is -4.13. The molecule has 4 rings (SSSR count). The molecule has 2 amide bonds. The number of rotatable bonds is 4. The van der Waals surface area contributed by atoms with Crippen LogP contribution in [0.1, 0.15) is 0 Å². The number of halogens is 1. The second-order valence-electron chi connectivity index (χ2n) is 6.54. The van der Waals surface area contributed by atoms with Gasteiger partial charge in [-0.1, -0.05) is 24.3 Å². The van der Waals surface area contributed by atoms with E-state index in [0.717, 1.165) is 0 Å². The van der Waals surface area contributed by atoms with Crippen LogP contribution in [0, 0.1) is 5.82 Å². The third-order valence-electron chi connectivity index (χ3n) is 4.64. The van der Waals surface area contributed by atoms with Gasteiger partial charge in [-0.25, -0.2) is 9.18 Å². The van der Waals surface area contributed by atoms with Crippen molar-refractivity contribution in [3.05, 3.63) is 88.8 Å². The molecule has 0 saturated heterocycles. The lowest BCUT2D eigenvalue weighted by molar-refractivity contribution is 0.262. The summed E-state index contributed by atoms with van der Waals surface area (Å²) in [6.07, 6.45) is 0. The highest BCUT2D eigenvalue weighted by Crippen LogP contribution is 2.27. The molecule has 4 aromatic rings. The van der Waals surface area contributed by atoms with Crippen LogP contribution in [0.4, 0.5) is 20.6 Å². The van der Waals surface area contributed by atoms with Crippen molar-refractivity contribution in [2.75, 3.05) is 17.7 Å². The van der Waals surface area contributed by atoms with Gasteiger partial charge < -0.3 is 20.4 Å². The largest absolute Gasteiger partial charge is 0.495 e. The molecule has 6 nitrogen and oxygen atoms in total. The summed E-state index contributed by atoms with van der Waals surface area (Å²) in [4.78, 5) is 29.0. The standard InChI is InChI=1S/C23H18FN3O3/c1-30-19-9-5-4-8-18(19)26-23(29)27-21-20(14-10-12-15(24)13-11-14)25-17-7-3-2-6-16(17)22(21)28/h2-13H,1H3,(H,25,28)(H2,26,27,29). The number of para-hydroxylation sites is 3. The van der Waals surface area contributed by atoms with Crippen LogP contribution in [-0.2, 0) is 0 Å². The predicted octanol–water partition coefficient (Wildman–Crippen LogP) is 4.99. The summed E-state index contributed by atoms with van der Waals surface area (Å²) < 4.78 is 18.6. The fourth-order valence-corrected chi connectivity index (χ4v) is 3.20. The molecule has 0 radical (unpaired) electrons. The second-order valence-corrected chi connectivity index (χ2v) is 6.54. The second kappa shape index (κ2) is 8.08. The van der Waals surface area contributed by atoms with Crippen molar-refractivity contribution >= 4 is 28.3 Å². The Morgan fingerprint density at radius 1 is 0.933 bits per heavy atom. The summed E-state index contributed by atoms with van der Waals surface area (Å²) in [6, 6.07) is 19.0. The Morgan fingerprint density at radius 3 is 2.40 bits per heavy atom. The zero-order valence-electron chi connectivity index (χ0n) is 16.0. The zero-order chi connectivity index (χ0) is 21.1. The van der Waals surface area contributed by atoms with Crippen LogP contribution in [0.15, 0.2) is 77.6 Å². The highest BCUT2D eigenvalue weighted by molar-refractivity contribution is 6.04. The maximum absolute atomic E-state index is 13.4. The molecule has 1 heterocycles. The van der Waals surface area contributed by atoms with Crippen molar-refractivity contribution in [1.82, 2.24) is 4.98 Å². The van der Waals surface area contributed by atoms with E-state index in [2.05, 4.69) is 15.6 Å². The molecule has 0 aliphatic rings. The van der Waals surface area contributed by atoms with E-state index in [9.17, 15) is 14.0 Å². The third-order valence-corrected chi connectivity index (χ3v) is 4.64. The molecule has 7 heteroatoms. The minimum absolute atomic E-state index is 0.0627. The molecule has 0 spiro atoms. The van der Waals surface area contributed by atoms with Crippen LogP contribution in [0.25, 0.3) is 22.2 Å². The number of urea groups is 1. The van der Waals surface area contributed by atoms with Gasteiger partial charge in [-0.3, -0.25) is 4.79 Å². The monoisotopic (exact) mass is 403 g/mol. The maximum atomic E-state index is 13.4. The number of carbonyl (C=O) groups excluding carboxylic acids is 1. The molecule has 0 aliphatic carbocycles. The van der Waals surface area contributed by atoms with E-state index in [1.54, 1.807) is 60.7 Å². The molecule has 0 atom stereocenters. The number of anilines is 2. The van der Waals surface area contributed by atoms with E-state index < -0.39 is 11.8 Å². The van der Waals surface area contributed by atoms with Crippen molar-refractivity contribution in [1.29, 1.82) is 0 Å². The van der Waals surface area contributed by atoms with Gasteiger partial charge in [0.05, 0.1) is 18.5 Å². The molecule has 0 unspecified atom stereocenters. The average molecular weight is 403 g/mol. The maximum Gasteiger partial charge on any atom is 0.323 e. The summed E-state index contributed by atoms with van der Waals surface area (Å²) in [5.41, 5.74) is 1.72. The van der Waals surface area contributed by atoms with E-state index in [-0.39, 0.29) is 11.1 Å². The minimum Gasteiger partial charge on any atom is -0.495 e. The van der Waals surface area contributed by atoms with E-state index in [1.807, 2.05) is 0 Å². The fraction of sp³-hybridized carbons (Fsp3) is 0.0435. The Morgan fingerprint density at radius 2 is 1.63 bits per heavy atom. The van der Waals surface area contributed by atoms with E-state index >= 15 is 0 Å². The number of carbonyl (C=O) groups is 1. The lowest BCUT2D eigenvalue weighted by Crippen LogP contribution is -2.25. The molecular weight excluding hydrogens is 385 g/mol. The van der Waals surface area contributed by atoms with Crippen LogP contribution in [-0.4, -0.2) is 18.1 Å². The quantitative estimate of drug-likeness (QED) is 0.449. The van der Waals surface area contributed by atoms with Crippen molar-refractivity contribution < 1.29 is 13.9 Å². The Bertz CT molecular complexity index is 1280. The van der Waals surface area contributed by atoms with Crippen LogP contribution in [0.3, 0.4) is 0 Å². The Balaban J connectivity index is 1.77. The SMILES string of the molecule is COc1ccccc1NC(=O)Nc1c(-c2ccc(F)cc2)[nH]c2ccccc2c1=O. The van der Waals surface area contributed by atoms with Gasteiger partial charge in [0.2, 0.25) is 5.43 Å². The van der Waals surface area contributed by atoms with E-state index in [1.165, 1.54) is 19.2 Å². The number of benzene rings is 3. The molecule has 0 bridgehead atoms. The number of aromatic amines is 1. The lowest BCUT2D eigenvalue weighted by atomic mass is 10.1. The third kappa shape index (κ3) is 3.73. The molecule has 0 fully saturated rings. The molecule has 1 aromatic heterocycles. The van der Waals surface area contributed by atoms with Gasteiger partial charge in [-0.2, -0.15) is 0 Å². The van der Waals surface area contributed by atoms with Gasteiger partial charge in [0.15, 0.2) is 0 Å².